The Morgan fingerprint density at radius 2 is 1.42 bits per heavy atom. The third-order valence-electron chi connectivity index (χ3n) is 5.27. The molecule has 0 saturated heterocycles. The Balaban J connectivity index is 1.45. The molecule has 2 N–H and O–H groups in total. The predicted octanol–water partition coefficient (Wildman–Crippen LogP) is 3.65. The second-order valence-electron chi connectivity index (χ2n) is 7.98. The molecule has 1 heterocycles. The summed E-state index contributed by atoms with van der Waals surface area (Å²) >= 11 is 0. The van der Waals surface area contributed by atoms with Crippen LogP contribution >= 0.6 is 0 Å². The zero-order valence-corrected chi connectivity index (χ0v) is 18.4. The number of fused-ring (bicyclic) bond motifs is 1. The van der Waals surface area contributed by atoms with E-state index in [4.69, 9.17) is 0 Å². The SMILES string of the molecule is CC(C)n1nc(C(=O)NNC(=O)Cc2ccc(-c3ccccc3)cc2)c2ccccc2c1=O. The van der Waals surface area contributed by atoms with Crippen LogP contribution in [0.5, 0.6) is 0 Å². The van der Waals surface area contributed by atoms with Gasteiger partial charge in [0, 0.05) is 5.39 Å². The van der Waals surface area contributed by atoms with Gasteiger partial charge in [-0.15, -0.1) is 0 Å². The number of carbonyl (C=O) groups is 2. The average Bonchev–Trinajstić information content (AvgIpc) is 2.84. The molecule has 0 saturated carbocycles. The van der Waals surface area contributed by atoms with Crippen LogP contribution in [0.2, 0.25) is 0 Å². The predicted molar refractivity (Wildman–Crippen MR) is 128 cm³/mol. The van der Waals surface area contributed by atoms with Crippen molar-refractivity contribution >= 4 is 22.6 Å². The average molecular weight is 441 g/mol. The Hall–Kier alpha value is -4.26. The summed E-state index contributed by atoms with van der Waals surface area (Å²) < 4.78 is 1.27. The summed E-state index contributed by atoms with van der Waals surface area (Å²) in [6.45, 7) is 3.63. The molecule has 4 rings (SSSR count). The van der Waals surface area contributed by atoms with Gasteiger partial charge in [-0.2, -0.15) is 5.10 Å². The van der Waals surface area contributed by atoms with Crippen molar-refractivity contribution in [3.8, 4) is 11.1 Å². The molecular weight excluding hydrogens is 416 g/mol. The molecular formula is C26H24N4O3. The molecule has 2 amide bonds. The lowest BCUT2D eigenvalue weighted by Gasteiger charge is -2.14. The number of aromatic nitrogens is 2. The van der Waals surface area contributed by atoms with Gasteiger partial charge < -0.3 is 0 Å². The molecule has 7 heteroatoms. The van der Waals surface area contributed by atoms with Crippen LogP contribution in [0.15, 0.2) is 83.7 Å². The van der Waals surface area contributed by atoms with Crippen molar-refractivity contribution < 1.29 is 9.59 Å². The fourth-order valence-electron chi connectivity index (χ4n) is 3.59. The van der Waals surface area contributed by atoms with Gasteiger partial charge >= 0.3 is 0 Å². The Kier molecular flexibility index (Phi) is 6.31. The van der Waals surface area contributed by atoms with E-state index < -0.39 is 5.91 Å². The molecule has 1 aromatic heterocycles. The highest BCUT2D eigenvalue weighted by Crippen LogP contribution is 2.19. The molecule has 0 fully saturated rings. The largest absolute Gasteiger partial charge is 0.290 e. The number of carbonyl (C=O) groups excluding carboxylic acids is 2. The van der Waals surface area contributed by atoms with Crippen molar-refractivity contribution in [1.82, 2.24) is 20.6 Å². The lowest BCUT2D eigenvalue weighted by atomic mass is 10.0. The third kappa shape index (κ3) is 4.82. The molecule has 0 radical (unpaired) electrons. The van der Waals surface area contributed by atoms with Crippen molar-refractivity contribution in [3.63, 3.8) is 0 Å². The molecule has 0 bridgehead atoms. The number of nitrogens with zero attached hydrogens (tertiary/aromatic N) is 2. The van der Waals surface area contributed by atoms with E-state index in [9.17, 15) is 14.4 Å². The first kappa shape index (κ1) is 22.0. The minimum atomic E-state index is -0.589. The van der Waals surface area contributed by atoms with Crippen LogP contribution in [0, 0.1) is 0 Å². The number of benzene rings is 3. The molecule has 0 aliphatic carbocycles. The van der Waals surface area contributed by atoms with E-state index in [1.54, 1.807) is 24.3 Å². The second kappa shape index (κ2) is 9.48. The van der Waals surface area contributed by atoms with Crippen molar-refractivity contribution in [2.45, 2.75) is 26.3 Å². The van der Waals surface area contributed by atoms with Crippen LogP contribution in [0.3, 0.4) is 0 Å². The topological polar surface area (TPSA) is 93.1 Å². The summed E-state index contributed by atoms with van der Waals surface area (Å²) in [6.07, 6.45) is 0.106. The Morgan fingerprint density at radius 3 is 2.09 bits per heavy atom. The number of hydrogen-bond acceptors (Lipinski definition) is 4. The van der Waals surface area contributed by atoms with Gasteiger partial charge in [0.2, 0.25) is 5.91 Å². The van der Waals surface area contributed by atoms with Crippen LogP contribution in [0.25, 0.3) is 21.9 Å². The molecule has 4 aromatic rings. The molecule has 0 aliphatic heterocycles. The fourth-order valence-corrected chi connectivity index (χ4v) is 3.59. The van der Waals surface area contributed by atoms with Crippen LogP contribution in [-0.4, -0.2) is 21.6 Å². The maximum absolute atomic E-state index is 12.8. The maximum Gasteiger partial charge on any atom is 0.290 e. The molecule has 0 spiro atoms. The van der Waals surface area contributed by atoms with Crippen LogP contribution in [-0.2, 0) is 11.2 Å². The van der Waals surface area contributed by atoms with Crippen LogP contribution < -0.4 is 16.4 Å². The summed E-state index contributed by atoms with van der Waals surface area (Å²) in [5.74, 6) is -0.953. The highest BCUT2D eigenvalue weighted by atomic mass is 16.2. The van der Waals surface area contributed by atoms with Gasteiger partial charge in [-0.05, 0) is 36.6 Å². The lowest BCUT2D eigenvalue weighted by Crippen LogP contribution is -2.43. The Morgan fingerprint density at radius 1 is 0.818 bits per heavy atom. The van der Waals surface area contributed by atoms with Crippen molar-refractivity contribution in [2.75, 3.05) is 0 Å². The molecule has 166 valence electrons. The smallest absolute Gasteiger partial charge is 0.273 e. The molecule has 3 aromatic carbocycles. The Labute approximate surface area is 191 Å². The van der Waals surface area contributed by atoms with E-state index in [2.05, 4.69) is 16.0 Å². The Bertz CT molecular complexity index is 1360. The van der Waals surface area contributed by atoms with E-state index in [-0.39, 0.29) is 29.6 Å². The zero-order valence-electron chi connectivity index (χ0n) is 18.4. The summed E-state index contributed by atoms with van der Waals surface area (Å²) in [5.41, 5.74) is 7.65. The van der Waals surface area contributed by atoms with E-state index in [1.165, 1.54) is 4.68 Å². The summed E-state index contributed by atoms with van der Waals surface area (Å²) in [5, 5.41) is 5.07. The number of hydrazine groups is 1. The van der Waals surface area contributed by atoms with E-state index in [0.717, 1.165) is 16.7 Å². The first-order valence-corrected chi connectivity index (χ1v) is 10.7. The van der Waals surface area contributed by atoms with Crippen molar-refractivity contribution in [2.24, 2.45) is 0 Å². The van der Waals surface area contributed by atoms with Gasteiger partial charge in [-0.3, -0.25) is 25.2 Å². The summed E-state index contributed by atoms with van der Waals surface area (Å²) in [7, 11) is 0. The van der Waals surface area contributed by atoms with E-state index in [0.29, 0.717) is 10.8 Å². The number of amides is 2. The summed E-state index contributed by atoms with van der Waals surface area (Å²) in [4.78, 5) is 37.8. The first-order chi connectivity index (χ1) is 15.9. The fraction of sp³-hybridized carbons (Fsp3) is 0.154. The maximum atomic E-state index is 12.8. The lowest BCUT2D eigenvalue weighted by molar-refractivity contribution is -0.121. The molecule has 33 heavy (non-hydrogen) atoms. The number of rotatable bonds is 5. The van der Waals surface area contributed by atoms with Gasteiger partial charge in [0.15, 0.2) is 5.69 Å². The van der Waals surface area contributed by atoms with Gasteiger partial charge in [-0.1, -0.05) is 72.8 Å². The minimum Gasteiger partial charge on any atom is -0.273 e. The molecule has 7 nitrogen and oxygen atoms in total. The van der Waals surface area contributed by atoms with Gasteiger partial charge in [0.05, 0.1) is 17.8 Å². The molecule has 0 unspecified atom stereocenters. The van der Waals surface area contributed by atoms with Gasteiger partial charge in [0.1, 0.15) is 0 Å². The normalized spacial score (nSPS) is 10.9. The molecule has 0 aliphatic rings. The first-order valence-electron chi connectivity index (χ1n) is 10.7. The standard InChI is InChI=1S/C26H24N4O3/c1-17(2)30-26(33)22-11-7-6-10-21(22)24(29-30)25(32)28-27-23(31)16-18-12-14-20(15-13-18)19-8-4-3-5-9-19/h3-15,17H,16H2,1-2H3,(H,27,31)(H,28,32). The molecule has 0 atom stereocenters. The quantitative estimate of drug-likeness (QED) is 0.463. The van der Waals surface area contributed by atoms with Crippen molar-refractivity contribution in [3.05, 3.63) is 100 Å². The van der Waals surface area contributed by atoms with E-state index in [1.807, 2.05) is 68.4 Å². The van der Waals surface area contributed by atoms with Crippen LogP contribution in [0.1, 0.15) is 35.9 Å². The van der Waals surface area contributed by atoms with Gasteiger partial charge in [0.25, 0.3) is 11.5 Å². The second-order valence-corrected chi connectivity index (χ2v) is 7.98. The highest BCUT2D eigenvalue weighted by molar-refractivity contribution is 6.05. The summed E-state index contributed by atoms with van der Waals surface area (Å²) in [6, 6.07) is 24.2. The van der Waals surface area contributed by atoms with Crippen LogP contribution in [0.4, 0.5) is 0 Å². The zero-order chi connectivity index (χ0) is 23.4. The minimum absolute atomic E-state index is 0.0754. The van der Waals surface area contributed by atoms with Crippen molar-refractivity contribution in [1.29, 1.82) is 0 Å². The highest BCUT2D eigenvalue weighted by Gasteiger charge is 2.18. The van der Waals surface area contributed by atoms with Gasteiger partial charge in [-0.25, -0.2) is 4.68 Å². The number of hydrogen-bond donors (Lipinski definition) is 2. The third-order valence-corrected chi connectivity index (χ3v) is 5.27. The van der Waals surface area contributed by atoms with E-state index >= 15 is 0 Å². The number of nitrogens with one attached hydrogen (secondary N) is 2. The monoisotopic (exact) mass is 440 g/mol.